The number of aryl methyl sites for hydroxylation is 1. The van der Waals surface area contributed by atoms with Gasteiger partial charge < -0.3 is 10.2 Å². The lowest BCUT2D eigenvalue weighted by Crippen LogP contribution is -2.49. The third kappa shape index (κ3) is 6.48. The number of carbonyl (C=O) groups excluding carboxylic acids is 2. The van der Waals surface area contributed by atoms with Gasteiger partial charge in [-0.2, -0.15) is 0 Å². The van der Waals surface area contributed by atoms with Crippen LogP contribution in [0.2, 0.25) is 0 Å². The molecule has 0 spiro atoms. The fraction of sp³-hybridized carbons (Fsp3) is 0.391. The molecule has 4 nitrogen and oxygen atoms in total. The normalized spacial score (nSPS) is 12.9. The second-order valence-corrected chi connectivity index (χ2v) is 7.13. The summed E-state index contributed by atoms with van der Waals surface area (Å²) in [5, 5.41) is 2.94. The molecule has 2 amide bonds. The van der Waals surface area contributed by atoms with Crippen molar-refractivity contribution in [2.45, 2.75) is 58.7 Å². The van der Waals surface area contributed by atoms with Crippen molar-refractivity contribution in [3.63, 3.8) is 0 Å². The zero-order chi connectivity index (χ0) is 20.5. The van der Waals surface area contributed by atoms with Gasteiger partial charge in [0.2, 0.25) is 11.8 Å². The molecule has 2 atom stereocenters. The first-order chi connectivity index (χ1) is 13.4. The van der Waals surface area contributed by atoms with Crippen LogP contribution < -0.4 is 5.32 Å². The summed E-state index contributed by atoms with van der Waals surface area (Å²) in [4.78, 5) is 27.2. The first-order valence-electron chi connectivity index (χ1n) is 9.79. The molecule has 1 N–H and O–H groups in total. The van der Waals surface area contributed by atoms with E-state index in [9.17, 15) is 14.0 Å². The largest absolute Gasteiger partial charge is 0.352 e. The van der Waals surface area contributed by atoms with Gasteiger partial charge in [0.05, 0.1) is 0 Å². The van der Waals surface area contributed by atoms with E-state index < -0.39 is 6.04 Å². The predicted octanol–water partition coefficient (Wildman–Crippen LogP) is 4.09. The van der Waals surface area contributed by atoms with Gasteiger partial charge in [-0.1, -0.05) is 49.4 Å². The van der Waals surface area contributed by atoms with E-state index in [0.29, 0.717) is 12.8 Å². The predicted molar refractivity (Wildman–Crippen MR) is 109 cm³/mol. The minimum absolute atomic E-state index is 0.0436. The summed E-state index contributed by atoms with van der Waals surface area (Å²) in [7, 11) is 0. The van der Waals surface area contributed by atoms with Gasteiger partial charge in [-0.3, -0.25) is 9.59 Å². The van der Waals surface area contributed by atoms with Crippen molar-refractivity contribution in [1.29, 1.82) is 0 Å². The summed E-state index contributed by atoms with van der Waals surface area (Å²) >= 11 is 0. The molecule has 150 valence electrons. The molecule has 0 unspecified atom stereocenters. The van der Waals surface area contributed by atoms with Gasteiger partial charge in [0, 0.05) is 19.0 Å². The van der Waals surface area contributed by atoms with Crippen LogP contribution in [0.5, 0.6) is 0 Å². The van der Waals surface area contributed by atoms with Crippen LogP contribution >= 0.6 is 0 Å². The van der Waals surface area contributed by atoms with Crippen LogP contribution in [0, 0.1) is 5.82 Å². The molecule has 0 bridgehead atoms. The number of carbonyl (C=O) groups is 2. The average Bonchev–Trinajstić information content (AvgIpc) is 2.71. The Balaban J connectivity index is 2.12. The summed E-state index contributed by atoms with van der Waals surface area (Å²) in [5.41, 5.74) is 1.87. The van der Waals surface area contributed by atoms with Gasteiger partial charge in [0.25, 0.3) is 0 Å². The van der Waals surface area contributed by atoms with Gasteiger partial charge in [-0.05, 0) is 49.9 Å². The molecule has 0 saturated heterocycles. The van der Waals surface area contributed by atoms with Crippen LogP contribution in [0.15, 0.2) is 54.6 Å². The molecule has 28 heavy (non-hydrogen) atoms. The van der Waals surface area contributed by atoms with E-state index in [1.807, 2.05) is 44.2 Å². The summed E-state index contributed by atoms with van der Waals surface area (Å²) in [6, 6.07) is 15.2. The highest BCUT2D eigenvalue weighted by molar-refractivity contribution is 5.87. The summed E-state index contributed by atoms with van der Waals surface area (Å²) in [6.45, 7) is 5.94. The molecule has 0 radical (unpaired) electrons. The molecule has 5 heteroatoms. The third-order valence-electron chi connectivity index (χ3n) is 4.90. The Morgan fingerprint density at radius 2 is 1.64 bits per heavy atom. The molecule has 2 aromatic carbocycles. The molecular formula is C23H29FN2O2. The first kappa shape index (κ1) is 21.6. The quantitative estimate of drug-likeness (QED) is 0.708. The minimum Gasteiger partial charge on any atom is -0.352 e. The zero-order valence-corrected chi connectivity index (χ0v) is 16.8. The van der Waals surface area contributed by atoms with Gasteiger partial charge >= 0.3 is 0 Å². The molecule has 2 rings (SSSR count). The van der Waals surface area contributed by atoms with Crippen LogP contribution in [-0.2, 0) is 22.6 Å². The molecule has 0 heterocycles. The van der Waals surface area contributed by atoms with Crippen molar-refractivity contribution in [3.8, 4) is 0 Å². The average molecular weight is 384 g/mol. The molecule has 0 saturated carbocycles. The molecule has 2 aromatic rings. The van der Waals surface area contributed by atoms with Crippen LogP contribution in [-0.4, -0.2) is 28.8 Å². The van der Waals surface area contributed by atoms with E-state index >= 15 is 0 Å². The summed E-state index contributed by atoms with van der Waals surface area (Å²) < 4.78 is 13.2. The van der Waals surface area contributed by atoms with Crippen molar-refractivity contribution >= 4 is 11.8 Å². The Labute approximate surface area is 166 Å². The standard InChI is InChI=1S/C23H29FN2O2/c1-4-17(2)25-23(28)18(3)26(16-20-10-13-21(24)14-11-20)22(27)15-12-19-8-6-5-7-9-19/h5-11,13-14,17-18H,4,12,15-16H2,1-3H3,(H,25,28)/t17-,18-/m1/s1. The molecule has 0 aliphatic carbocycles. The lowest BCUT2D eigenvalue weighted by atomic mass is 10.1. The first-order valence-corrected chi connectivity index (χ1v) is 9.79. The number of nitrogens with zero attached hydrogens (tertiary/aromatic N) is 1. The number of nitrogens with one attached hydrogen (secondary N) is 1. The van der Waals surface area contributed by atoms with Crippen LogP contribution in [0.4, 0.5) is 4.39 Å². The smallest absolute Gasteiger partial charge is 0.242 e. The number of amides is 2. The van der Waals surface area contributed by atoms with Gasteiger partial charge in [-0.25, -0.2) is 4.39 Å². The van der Waals surface area contributed by atoms with Crippen LogP contribution in [0.1, 0.15) is 44.7 Å². The molecule has 0 aliphatic rings. The maximum atomic E-state index is 13.2. The molecule has 0 fully saturated rings. The van der Waals surface area contributed by atoms with Crippen molar-refractivity contribution in [2.75, 3.05) is 0 Å². The minimum atomic E-state index is -0.609. The Morgan fingerprint density at radius 3 is 2.25 bits per heavy atom. The highest BCUT2D eigenvalue weighted by Gasteiger charge is 2.26. The van der Waals surface area contributed by atoms with Gasteiger partial charge in [-0.15, -0.1) is 0 Å². The Bertz CT molecular complexity index is 762. The second-order valence-electron chi connectivity index (χ2n) is 7.13. The van der Waals surface area contributed by atoms with E-state index in [4.69, 9.17) is 0 Å². The Morgan fingerprint density at radius 1 is 1.00 bits per heavy atom. The van der Waals surface area contributed by atoms with Crippen LogP contribution in [0.25, 0.3) is 0 Å². The lowest BCUT2D eigenvalue weighted by Gasteiger charge is -2.29. The van der Waals surface area contributed by atoms with Crippen molar-refractivity contribution < 1.29 is 14.0 Å². The molecule has 0 aromatic heterocycles. The topological polar surface area (TPSA) is 49.4 Å². The van der Waals surface area contributed by atoms with E-state index in [2.05, 4.69) is 5.32 Å². The van der Waals surface area contributed by atoms with Crippen molar-refractivity contribution in [2.24, 2.45) is 0 Å². The van der Waals surface area contributed by atoms with Gasteiger partial charge in [0.1, 0.15) is 11.9 Å². The zero-order valence-electron chi connectivity index (χ0n) is 16.8. The number of hydrogen-bond donors (Lipinski definition) is 1. The second kappa shape index (κ2) is 10.6. The van der Waals surface area contributed by atoms with E-state index in [1.54, 1.807) is 24.0 Å². The molecular weight excluding hydrogens is 355 g/mol. The fourth-order valence-electron chi connectivity index (χ4n) is 2.87. The highest BCUT2D eigenvalue weighted by atomic mass is 19.1. The number of rotatable bonds is 9. The lowest BCUT2D eigenvalue weighted by molar-refractivity contribution is -0.140. The third-order valence-corrected chi connectivity index (χ3v) is 4.90. The summed E-state index contributed by atoms with van der Waals surface area (Å²) in [6.07, 6.45) is 1.74. The van der Waals surface area contributed by atoms with E-state index in [1.165, 1.54) is 12.1 Å². The maximum Gasteiger partial charge on any atom is 0.242 e. The Hall–Kier alpha value is -2.69. The van der Waals surface area contributed by atoms with Crippen LogP contribution in [0.3, 0.4) is 0 Å². The number of benzene rings is 2. The SMILES string of the molecule is CC[C@@H](C)NC(=O)[C@@H](C)N(Cc1ccc(F)cc1)C(=O)CCc1ccccc1. The summed E-state index contributed by atoms with van der Waals surface area (Å²) in [5.74, 6) is -0.599. The van der Waals surface area contributed by atoms with Crippen molar-refractivity contribution in [1.82, 2.24) is 10.2 Å². The fourth-order valence-corrected chi connectivity index (χ4v) is 2.87. The monoisotopic (exact) mass is 384 g/mol. The van der Waals surface area contributed by atoms with Gasteiger partial charge in [0.15, 0.2) is 0 Å². The maximum absolute atomic E-state index is 13.2. The van der Waals surface area contributed by atoms with E-state index in [0.717, 1.165) is 17.5 Å². The number of hydrogen-bond acceptors (Lipinski definition) is 2. The van der Waals surface area contributed by atoms with Crippen molar-refractivity contribution in [3.05, 3.63) is 71.5 Å². The van der Waals surface area contributed by atoms with E-state index in [-0.39, 0.29) is 30.2 Å². The molecule has 0 aliphatic heterocycles. The highest BCUT2D eigenvalue weighted by Crippen LogP contribution is 2.14. The number of halogens is 1. The Kier molecular flexibility index (Phi) is 8.18.